The highest BCUT2D eigenvalue weighted by Crippen LogP contribution is 2.45. The van der Waals surface area contributed by atoms with Crippen LogP contribution >= 0.6 is 0 Å². The van der Waals surface area contributed by atoms with E-state index in [0.717, 1.165) is 0 Å². The molecule has 1 aromatic rings. The molecule has 1 aromatic heterocycles. The third kappa shape index (κ3) is 3.80. The van der Waals surface area contributed by atoms with Gasteiger partial charge in [-0.2, -0.15) is 0 Å². The van der Waals surface area contributed by atoms with Crippen molar-refractivity contribution in [2.45, 2.75) is 59.5 Å². The van der Waals surface area contributed by atoms with Gasteiger partial charge in [0.2, 0.25) is 0 Å². The fourth-order valence-corrected chi connectivity index (χ4v) is 4.17. The highest BCUT2D eigenvalue weighted by atomic mass is 16.5. The molecule has 0 saturated heterocycles. The van der Waals surface area contributed by atoms with Crippen molar-refractivity contribution in [2.75, 3.05) is 7.11 Å². The summed E-state index contributed by atoms with van der Waals surface area (Å²) in [5.74, 6) is -2.15. The molecule has 0 fully saturated rings. The van der Waals surface area contributed by atoms with E-state index in [9.17, 15) is 14.4 Å². The molecule has 0 saturated carbocycles. The van der Waals surface area contributed by atoms with E-state index in [-0.39, 0.29) is 17.8 Å². The number of esters is 2. The second-order valence-corrected chi connectivity index (χ2v) is 8.11. The number of ether oxygens (including phenoxy) is 2. The highest BCUT2D eigenvalue weighted by molar-refractivity contribution is 6.12. The molecule has 30 heavy (non-hydrogen) atoms. The number of nitrogens with one attached hydrogen (secondary N) is 1. The Hall–Kier alpha value is -2.83. The monoisotopic (exact) mass is 415 g/mol. The minimum atomic E-state index is -0.917. The molecule has 0 spiro atoms. The number of dihydropyridines is 1. The molecule has 7 heteroatoms. The largest absolute Gasteiger partial charge is 0.468 e. The number of carbonyl (C=O) groups excluding carboxylic acids is 3. The van der Waals surface area contributed by atoms with Crippen LogP contribution in [-0.4, -0.2) is 30.9 Å². The van der Waals surface area contributed by atoms with Gasteiger partial charge in [0, 0.05) is 17.0 Å². The molecular weight excluding hydrogens is 386 g/mol. The first-order valence-corrected chi connectivity index (χ1v) is 10.3. The Labute approximate surface area is 176 Å². The van der Waals surface area contributed by atoms with Gasteiger partial charge in [-0.3, -0.25) is 9.59 Å². The van der Waals surface area contributed by atoms with Crippen LogP contribution in [0.15, 0.2) is 39.1 Å². The minimum absolute atomic E-state index is 0.225. The summed E-state index contributed by atoms with van der Waals surface area (Å²) in [6.07, 6.45) is 0.893. The fourth-order valence-electron chi connectivity index (χ4n) is 4.17. The number of aryl methyl sites for hydroxylation is 1. The maximum absolute atomic E-state index is 13.5. The van der Waals surface area contributed by atoms with Gasteiger partial charge >= 0.3 is 11.9 Å². The van der Waals surface area contributed by atoms with Crippen molar-refractivity contribution < 1.29 is 28.3 Å². The molecule has 0 bridgehead atoms. The molecule has 1 aliphatic carbocycles. The van der Waals surface area contributed by atoms with Crippen LogP contribution in [-0.2, 0) is 23.9 Å². The van der Waals surface area contributed by atoms with Crippen LogP contribution in [0.5, 0.6) is 0 Å². The Morgan fingerprint density at radius 3 is 2.57 bits per heavy atom. The van der Waals surface area contributed by atoms with Crippen molar-refractivity contribution in [1.82, 2.24) is 5.32 Å². The fraction of sp³-hybridized carbons (Fsp3) is 0.522. The van der Waals surface area contributed by atoms with E-state index in [0.29, 0.717) is 46.9 Å². The van der Waals surface area contributed by atoms with Gasteiger partial charge < -0.3 is 19.2 Å². The maximum Gasteiger partial charge on any atom is 0.337 e. The smallest absolute Gasteiger partial charge is 0.337 e. The van der Waals surface area contributed by atoms with Crippen LogP contribution in [0.2, 0.25) is 0 Å². The molecular formula is C23H29NO6. The van der Waals surface area contributed by atoms with Crippen molar-refractivity contribution in [3.05, 3.63) is 46.2 Å². The summed E-state index contributed by atoms with van der Waals surface area (Å²) in [5, 5.41) is 3.23. The van der Waals surface area contributed by atoms with E-state index < -0.39 is 23.8 Å². The third-order valence-electron chi connectivity index (χ3n) is 5.89. The van der Waals surface area contributed by atoms with Gasteiger partial charge in [0.25, 0.3) is 0 Å². The average Bonchev–Trinajstić information content (AvgIpc) is 3.12. The molecule has 0 aromatic carbocycles. The Kier molecular flexibility index (Phi) is 6.19. The number of ketones is 1. The molecule has 162 valence electrons. The first-order valence-electron chi connectivity index (χ1n) is 10.3. The van der Waals surface area contributed by atoms with Crippen molar-refractivity contribution in [3.63, 3.8) is 0 Å². The van der Waals surface area contributed by atoms with E-state index in [1.165, 1.54) is 7.11 Å². The van der Waals surface area contributed by atoms with Crippen LogP contribution < -0.4 is 5.32 Å². The predicted octanol–water partition coefficient (Wildman–Crippen LogP) is 3.54. The van der Waals surface area contributed by atoms with E-state index in [2.05, 4.69) is 5.32 Å². The quantitative estimate of drug-likeness (QED) is 0.580. The van der Waals surface area contributed by atoms with Crippen molar-refractivity contribution in [1.29, 1.82) is 0 Å². The number of furan rings is 1. The minimum Gasteiger partial charge on any atom is -0.468 e. The van der Waals surface area contributed by atoms with Gasteiger partial charge in [-0.1, -0.05) is 13.8 Å². The summed E-state index contributed by atoms with van der Waals surface area (Å²) >= 11 is 0. The molecule has 2 aliphatic rings. The standard InChI is InChI=1S/C23H29NO6/c1-7-12(3)30-23(27)18-14(5)24-15-10-11(2)17(22(26)28-6)21(25)19(15)20(18)16-9-8-13(4)29-16/h8-9,11-12,17,20,24H,7,10H2,1-6H3/t11-,12+,17-,20+/m1/s1. The van der Waals surface area contributed by atoms with Crippen LogP contribution in [0.1, 0.15) is 58.0 Å². The zero-order chi connectivity index (χ0) is 22.2. The van der Waals surface area contributed by atoms with Crippen LogP contribution in [0.3, 0.4) is 0 Å². The van der Waals surface area contributed by atoms with Crippen LogP contribution in [0, 0.1) is 18.8 Å². The van der Waals surface area contributed by atoms with Gasteiger partial charge in [-0.25, -0.2) is 4.79 Å². The molecule has 2 heterocycles. The maximum atomic E-state index is 13.5. The third-order valence-corrected chi connectivity index (χ3v) is 5.89. The summed E-state index contributed by atoms with van der Waals surface area (Å²) in [5.41, 5.74) is 2.04. The molecule has 0 radical (unpaired) electrons. The van der Waals surface area contributed by atoms with Crippen LogP contribution in [0.4, 0.5) is 0 Å². The first kappa shape index (κ1) is 21.9. The van der Waals surface area contributed by atoms with Gasteiger partial charge in [0.1, 0.15) is 17.4 Å². The predicted molar refractivity (Wildman–Crippen MR) is 109 cm³/mol. The Balaban J connectivity index is 2.13. The van der Waals surface area contributed by atoms with E-state index >= 15 is 0 Å². The lowest BCUT2D eigenvalue weighted by molar-refractivity contribution is -0.151. The van der Waals surface area contributed by atoms with Crippen molar-refractivity contribution >= 4 is 17.7 Å². The van der Waals surface area contributed by atoms with Crippen molar-refractivity contribution in [2.24, 2.45) is 11.8 Å². The molecule has 7 nitrogen and oxygen atoms in total. The summed E-state index contributed by atoms with van der Waals surface area (Å²) in [7, 11) is 1.28. The molecule has 0 unspecified atom stereocenters. The lowest BCUT2D eigenvalue weighted by Crippen LogP contribution is -2.43. The summed E-state index contributed by atoms with van der Waals surface area (Å²) < 4.78 is 16.3. The number of rotatable bonds is 5. The molecule has 1 N–H and O–H groups in total. The van der Waals surface area contributed by atoms with Crippen molar-refractivity contribution in [3.8, 4) is 0 Å². The van der Waals surface area contributed by atoms with E-state index in [4.69, 9.17) is 13.9 Å². The molecule has 3 rings (SSSR count). The molecule has 4 atom stereocenters. The topological polar surface area (TPSA) is 94.8 Å². The second-order valence-electron chi connectivity index (χ2n) is 8.11. The van der Waals surface area contributed by atoms with Gasteiger partial charge in [-0.15, -0.1) is 0 Å². The van der Waals surface area contributed by atoms with Gasteiger partial charge in [0.05, 0.1) is 24.7 Å². The zero-order valence-electron chi connectivity index (χ0n) is 18.3. The summed E-state index contributed by atoms with van der Waals surface area (Å²) in [6, 6.07) is 3.55. The number of carbonyl (C=O) groups is 3. The molecule has 1 aliphatic heterocycles. The number of allylic oxidation sites excluding steroid dienone is 3. The SMILES string of the molecule is CC[C@H](C)OC(=O)C1=C(C)NC2=C(C(=O)[C@H](C(=O)OC)[C@H](C)C2)[C@H]1c1ccc(C)o1. The Morgan fingerprint density at radius 2 is 2.00 bits per heavy atom. The van der Waals surface area contributed by atoms with Crippen LogP contribution in [0.25, 0.3) is 0 Å². The Bertz CT molecular complexity index is 937. The zero-order valence-corrected chi connectivity index (χ0v) is 18.3. The lowest BCUT2D eigenvalue weighted by Gasteiger charge is -2.37. The summed E-state index contributed by atoms with van der Waals surface area (Å²) in [6.45, 7) is 9.19. The first-order chi connectivity index (χ1) is 14.2. The summed E-state index contributed by atoms with van der Waals surface area (Å²) in [4.78, 5) is 39.0. The second kappa shape index (κ2) is 8.50. The average molecular weight is 415 g/mol. The highest BCUT2D eigenvalue weighted by Gasteiger charge is 2.48. The number of hydrogen-bond acceptors (Lipinski definition) is 7. The molecule has 0 amide bonds. The van der Waals surface area contributed by atoms with Gasteiger partial charge in [0.15, 0.2) is 5.78 Å². The number of hydrogen-bond donors (Lipinski definition) is 1. The Morgan fingerprint density at radius 1 is 1.30 bits per heavy atom. The number of methoxy groups -OCH3 is 1. The van der Waals surface area contributed by atoms with E-state index in [1.54, 1.807) is 26.0 Å². The lowest BCUT2D eigenvalue weighted by atomic mass is 9.70. The van der Waals surface area contributed by atoms with E-state index in [1.807, 2.05) is 20.8 Å². The number of Topliss-reactive ketones (excluding diaryl/α,β-unsaturated/α-hetero) is 1. The van der Waals surface area contributed by atoms with Gasteiger partial charge in [-0.05, 0) is 51.7 Å². The normalized spacial score (nSPS) is 24.9.